The molecule has 0 aliphatic heterocycles. The van der Waals surface area contributed by atoms with Gasteiger partial charge in [0.1, 0.15) is 0 Å². The maximum absolute atomic E-state index is 12.8. The van der Waals surface area contributed by atoms with Gasteiger partial charge < -0.3 is 5.32 Å². The molecule has 0 saturated heterocycles. The highest BCUT2D eigenvalue weighted by molar-refractivity contribution is 5.88. The van der Waals surface area contributed by atoms with Gasteiger partial charge in [0, 0.05) is 5.54 Å². The lowest BCUT2D eigenvalue weighted by atomic mass is 9.68. The van der Waals surface area contributed by atoms with Crippen molar-refractivity contribution in [2.75, 3.05) is 0 Å². The summed E-state index contributed by atoms with van der Waals surface area (Å²) in [5.74, 6) is 0.200. The number of carbonyl (C=O) groups is 1. The van der Waals surface area contributed by atoms with Gasteiger partial charge in [-0.15, -0.1) is 0 Å². The average Bonchev–Trinajstić information content (AvgIpc) is 2.38. The van der Waals surface area contributed by atoms with E-state index in [4.69, 9.17) is 0 Å². The molecule has 1 aliphatic rings. The van der Waals surface area contributed by atoms with Crippen molar-refractivity contribution in [3.05, 3.63) is 35.9 Å². The van der Waals surface area contributed by atoms with E-state index in [0.29, 0.717) is 0 Å². The molecule has 1 amide bonds. The molecule has 1 aliphatic carbocycles. The third-order valence-electron chi connectivity index (χ3n) is 3.96. The molecule has 1 aromatic carbocycles. The van der Waals surface area contributed by atoms with Gasteiger partial charge in [-0.3, -0.25) is 4.79 Å². The van der Waals surface area contributed by atoms with Crippen molar-refractivity contribution in [1.29, 1.82) is 0 Å². The molecular weight excluding hydrogens is 234 g/mol. The lowest BCUT2D eigenvalue weighted by Gasteiger charge is -2.38. The van der Waals surface area contributed by atoms with E-state index in [1.54, 1.807) is 0 Å². The van der Waals surface area contributed by atoms with Crippen molar-refractivity contribution >= 4 is 5.91 Å². The van der Waals surface area contributed by atoms with Crippen molar-refractivity contribution < 1.29 is 4.79 Å². The normalized spacial score (nSPS) is 18.9. The molecule has 1 aromatic rings. The van der Waals surface area contributed by atoms with Gasteiger partial charge in [0.25, 0.3) is 0 Å². The maximum atomic E-state index is 12.8. The van der Waals surface area contributed by atoms with Crippen LogP contribution in [0.5, 0.6) is 0 Å². The van der Waals surface area contributed by atoms with Crippen LogP contribution in [0.4, 0.5) is 0 Å². The van der Waals surface area contributed by atoms with Gasteiger partial charge in [0.05, 0.1) is 5.41 Å². The van der Waals surface area contributed by atoms with Gasteiger partial charge in [-0.25, -0.2) is 0 Å². The highest BCUT2D eigenvalue weighted by Crippen LogP contribution is 2.40. The summed E-state index contributed by atoms with van der Waals surface area (Å²) in [5.41, 5.74) is 0.694. The van der Waals surface area contributed by atoms with Crippen LogP contribution in [0.25, 0.3) is 0 Å². The fourth-order valence-electron chi connectivity index (χ4n) is 3.02. The van der Waals surface area contributed by atoms with Crippen LogP contribution >= 0.6 is 0 Å². The Balaban J connectivity index is 2.32. The summed E-state index contributed by atoms with van der Waals surface area (Å²) in [6, 6.07) is 10.3. The quantitative estimate of drug-likeness (QED) is 0.860. The third kappa shape index (κ3) is 3.17. The van der Waals surface area contributed by atoms with Gasteiger partial charge in [-0.05, 0) is 39.2 Å². The second-order valence-electron chi connectivity index (χ2n) is 6.71. The Kier molecular flexibility index (Phi) is 3.98. The molecule has 0 atom stereocenters. The molecule has 2 heteroatoms. The Morgan fingerprint density at radius 3 is 2.16 bits per heavy atom. The lowest BCUT2D eigenvalue weighted by molar-refractivity contribution is -0.129. The molecule has 2 rings (SSSR count). The van der Waals surface area contributed by atoms with Crippen LogP contribution in [0.2, 0.25) is 0 Å². The van der Waals surface area contributed by atoms with Crippen LogP contribution in [0.1, 0.15) is 58.4 Å². The first-order chi connectivity index (χ1) is 8.94. The summed E-state index contributed by atoms with van der Waals surface area (Å²) < 4.78 is 0. The van der Waals surface area contributed by atoms with Crippen LogP contribution < -0.4 is 5.32 Å². The summed E-state index contributed by atoms with van der Waals surface area (Å²) in [6.07, 6.45) is 5.48. The van der Waals surface area contributed by atoms with E-state index in [0.717, 1.165) is 25.7 Å². The maximum Gasteiger partial charge on any atom is 0.231 e. The number of hydrogen-bond acceptors (Lipinski definition) is 1. The standard InChI is InChI=1S/C17H25NO/c1-16(2,3)18-15(19)17(12-8-5-9-13-17)14-10-6-4-7-11-14/h4,6-7,10-11H,5,8-9,12-13H2,1-3H3,(H,18,19). The fraction of sp³-hybridized carbons (Fsp3) is 0.588. The van der Waals surface area contributed by atoms with Crippen LogP contribution in [0, 0.1) is 0 Å². The molecule has 0 aromatic heterocycles. The monoisotopic (exact) mass is 259 g/mol. The number of carbonyl (C=O) groups excluding carboxylic acids is 1. The molecule has 19 heavy (non-hydrogen) atoms. The number of benzene rings is 1. The van der Waals surface area contributed by atoms with Crippen molar-refractivity contribution in [3.63, 3.8) is 0 Å². The number of hydrogen-bond donors (Lipinski definition) is 1. The van der Waals surface area contributed by atoms with E-state index in [-0.39, 0.29) is 16.9 Å². The molecule has 1 N–H and O–H groups in total. The summed E-state index contributed by atoms with van der Waals surface area (Å²) >= 11 is 0. The molecular formula is C17H25NO. The largest absolute Gasteiger partial charge is 0.351 e. The highest BCUT2D eigenvalue weighted by Gasteiger charge is 2.41. The minimum absolute atomic E-state index is 0.170. The van der Waals surface area contributed by atoms with Gasteiger partial charge in [-0.2, -0.15) is 0 Å². The molecule has 0 radical (unpaired) electrons. The molecule has 0 bridgehead atoms. The van der Waals surface area contributed by atoms with Crippen molar-refractivity contribution in [1.82, 2.24) is 5.32 Å². The summed E-state index contributed by atoms with van der Waals surface area (Å²) in [5, 5.41) is 3.19. The Bertz CT molecular complexity index is 424. The first-order valence-corrected chi connectivity index (χ1v) is 7.32. The van der Waals surface area contributed by atoms with Crippen LogP contribution in [-0.2, 0) is 10.2 Å². The minimum atomic E-state index is -0.313. The Morgan fingerprint density at radius 1 is 1.05 bits per heavy atom. The summed E-state index contributed by atoms with van der Waals surface area (Å²) in [4.78, 5) is 12.8. The minimum Gasteiger partial charge on any atom is -0.351 e. The molecule has 1 saturated carbocycles. The predicted octanol–water partition coefficient (Wildman–Crippen LogP) is 3.80. The van der Waals surface area contributed by atoms with E-state index in [1.165, 1.54) is 12.0 Å². The zero-order valence-corrected chi connectivity index (χ0v) is 12.3. The molecule has 1 fully saturated rings. The van der Waals surface area contributed by atoms with E-state index >= 15 is 0 Å². The number of amides is 1. The Hall–Kier alpha value is -1.31. The molecule has 2 nitrogen and oxygen atoms in total. The third-order valence-corrected chi connectivity index (χ3v) is 3.96. The second kappa shape index (κ2) is 5.36. The highest BCUT2D eigenvalue weighted by atomic mass is 16.2. The predicted molar refractivity (Wildman–Crippen MR) is 79.1 cm³/mol. The SMILES string of the molecule is CC(C)(C)NC(=O)C1(c2ccccc2)CCCCC1. The van der Waals surface area contributed by atoms with Crippen molar-refractivity contribution in [2.24, 2.45) is 0 Å². The molecule has 0 spiro atoms. The smallest absolute Gasteiger partial charge is 0.231 e. The van der Waals surface area contributed by atoms with Gasteiger partial charge in [0.15, 0.2) is 0 Å². The second-order valence-corrected chi connectivity index (χ2v) is 6.71. The molecule has 0 unspecified atom stereocenters. The van der Waals surface area contributed by atoms with Crippen molar-refractivity contribution in [3.8, 4) is 0 Å². The van der Waals surface area contributed by atoms with E-state index in [2.05, 4.69) is 17.4 Å². The summed E-state index contributed by atoms with van der Waals surface area (Å²) in [6.45, 7) is 6.14. The van der Waals surface area contributed by atoms with Gasteiger partial charge in [0.2, 0.25) is 5.91 Å². The first-order valence-electron chi connectivity index (χ1n) is 7.32. The van der Waals surface area contributed by atoms with Gasteiger partial charge >= 0.3 is 0 Å². The number of rotatable bonds is 2. The van der Waals surface area contributed by atoms with Crippen LogP contribution in [-0.4, -0.2) is 11.4 Å². The summed E-state index contributed by atoms with van der Waals surface area (Å²) in [7, 11) is 0. The van der Waals surface area contributed by atoms with E-state index < -0.39 is 0 Å². The van der Waals surface area contributed by atoms with Gasteiger partial charge in [-0.1, -0.05) is 49.6 Å². The number of nitrogens with one attached hydrogen (secondary N) is 1. The molecule has 0 heterocycles. The Morgan fingerprint density at radius 2 is 1.63 bits per heavy atom. The zero-order valence-electron chi connectivity index (χ0n) is 12.3. The zero-order chi connectivity index (χ0) is 13.9. The fourth-order valence-corrected chi connectivity index (χ4v) is 3.02. The van der Waals surface area contributed by atoms with E-state index in [1.807, 2.05) is 39.0 Å². The Labute approximate surface area is 116 Å². The first kappa shape index (κ1) is 14.1. The van der Waals surface area contributed by atoms with Crippen LogP contribution in [0.15, 0.2) is 30.3 Å². The van der Waals surface area contributed by atoms with Crippen molar-refractivity contribution in [2.45, 2.75) is 63.8 Å². The average molecular weight is 259 g/mol. The molecule has 104 valence electrons. The van der Waals surface area contributed by atoms with E-state index in [9.17, 15) is 4.79 Å². The topological polar surface area (TPSA) is 29.1 Å². The van der Waals surface area contributed by atoms with Crippen LogP contribution in [0.3, 0.4) is 0 Å². The lowest BCUT2D eigenvalue weighted by Crippen LogP contribution is -2.52.